The third-order valence-electron chi connectivity index (χ3n) is 9.01. The first-order valence-electron chi connectivity index (χ1n) is 16.1. The van der Waals surface area contributed by atoms with Crippen molar-refractivity contribution in [3.05, 3.63) is 100 Å². The van der Waals surface area contributed by atoms with E-state index >= 15 is 0 Å². The highest BCUT2D eigenvalue weighted by Crippen LogP contribution is 2.42. The van der Waals surface area contributed by atoms with Crippen molar-refractivity contribution in [2.75, 3.05) is 26.2 Å². The van der Waals surface area contributed by atoms with Gasteiger partial charge >= 0.3 is 0 Å². The van der Waals surface area contributed by atoms with Gasteiger partial charge in [-0.3, -0.25) is 9.80 Å². The second-order valence-corrected chi connectivity index (χ2v) is 11.7. The molecule has 3 N–H and O–H groups in total. The molecular weight excluding hydrogens is 548 g/mol. The number of hydrogen-bond donors (Lipinski definition) is 3. The average molecular weight is 595 g/mol. The number of nitrogens with zero attached hydrogens (tertiary/aromatic N) is 2. The summed E-state index contributed by atoms with van der Waals surface area (Å²) in [5, 5.41) is 34.2. The summed E-state index contributed by atoms with van der Waals surface area (Å²) in [5.74, 6) is 1.73. The highest BCUT2D eigenvalue weighted by molar-refractivity contribution is 5.80. The topological polar surface area (TPSA) is 76.4 Å². The van der Waals surface area contributed by atoms with Crippen molar-refractivity contribution in [3.63, 3.8) is 0 Å². The van der Waals surface area contributed by atoms with Crippen LogP contribution in [0.4, 0.5) is 0 Å². The lowest BCUT2D eigenvalue weighted by Crippen LogP contribution is -2.22. The summed E-state index contributed by atoms with van der Waals surface area (Å²) >= 11 is 0. The predicted molar refractivity (Wildman–Crippen MR) is 178 cm³/mol. The van der Waals surface area contributed by atoms with Gasteiger partial charge in [0.2, 0.25) is 0 Å². The quantitative estimate of drug-likeness (QED) is 0.193. The van der Waals surface area contributed by atoms with E-state index in [1.807, 2.05) is 42.5 Å². The van der Waals surface area contributed by atoms with Crippen molar-refractivity contribution < 1.29 is 20.1 Å². The number of hydrogen-bond acceptors (Lipinski definition) is 6. The normalized spacial score (nSPS) is 13.1. The van der Waals surface area contributed by atoms with E-state index in [1.54, 1.807) is 0 Å². The molecule has 6 bridgehead atoms. The Bertz CT molecular complexity index is 1570. The Morgan fingerprint density at radius 1 is 0.591 bits per heavy atom. The summed E-state index contributed by atoms with van der Waals surface area (Å²) < 4.78 is 6.27. The van der Waals surface area contributed by atoms with Crippen LogP contribution in [0.2, 0.25) is 0 Å². The van der Waals surface area contributed by atoms with Crippen LogP contribution in [0.5, 0.6) is 28.7 Å². The van der Waals surface area contributed by atoms with Crippen molar-refractivity contribution in [2.24, 2.45) is 0 Å². The zero-order valence-electron chi connectivity index (χ0n) is 26.6. The van der Waals surface area contributed by atoms with Crippen molar-refractivity contribution in [1.82, 2.24) is 9.80 Å². The van der Waals surface area contributed by atoms with Gasteiger partial charge in [-0.05, 0) is 98.4 Å². The van der Waals surface area contributed by atoms with E-state index in [0.717, 1.165) is 72.4 Å². The molecule has 0 atom stereocenters. The fraction of sp³-hybridized carbons (Fsp3) is 0.368. The minimum absolute atomic E-state index is 0.168. The number of phenolic OH excluding ortho intramolecular Hbond substituents is 3. The Morgan fingerprint density at radius 2 is 1.20 bits per heavy atom. The van der Waals surface area contributed by atoms with Gasteiger partial charge in [0.05, 0.1) is 0 Å². The van der Waals surface area contributed by atoms with Crippen molar-refractivity contribution in [1.29, 1.82) is 0 Å². The Hall–Kier alpha value is -4.00. The van der Waals surface area contributed by atoms with Crippen LogP contribution < -0.4 is 4.74 Å². The van der Waals surface area contributed by atoms with Crippen LogP contribution in [0.1, 0.15) is 61.1 Å². The zero-order chi connectivity index (χ0) is 31.2. The number of aryl methyl sites for hydroxylation is 4. The first kappa shape index (κ1) is 31.4. The van der Waals surface area contributed by atoms with Gasteiger partial charge in [-0.1, -0.05) is 70.2 Å². The fourth-order valence-electron chi connectivity index (χ4n) is 6.12. The molecule has 8 rings (SSSR count). The molecule has 4 aromatic carbocycles. The molecular formula is C38H46N2O4. The average Bonchev–Trinajstić information content (AvgIpc) is 3.03. The van der Waals surface area contributed by atoms with Gasteiger partial charge in [0.1, 0.15) is 17.2 Å². The molecule has 0 amide bonds. The van der Waals surface area contributed by atoms with Crippen LogP contribution in [0.15, 0.2) is 66.7 Å². The number of ether oxygens (including phenoxy) is 1. The van der Waals surface area contributed by atoms with Crippen LogP contribution >= 0.6 is 0 Å². The summed E-state index contributed by atoms with van der Waals surface area (Å²) in [6, 6.07) is 21.9. The van der Waals surface area contributed by atoms with Gasteiger partial charge in [-0.15, -0.1) is 0 Å². The monoisotopic (exact) mass is 594 g/mol. The highest BCUT2D eigenvalue weighted by Gasteiger charge is 2.20. The SMILES string of the molecule is CCN(CC)Cc1cc2cc(c1O)Oc1ccc(cc1)CCc1ccc(CN(CC)CC)c(O)c1-c1ccc(cc1O)CC2. The minimum Gasteiger partial charge on any atom is -0.507 e. The molecule has 0 spiro atoms. The maximum absolute atomic E-state index is 11.6. The molecule has 0 aliphatic carbocycles. The third kappa shape index (κ3) is 7.03. The molecule has 4 aromatic rings. The van der Waals surface area contributed by atoms with Crippen LogP contribution in [0.3, 0.4) is 0 Å². The molecule has 0 unspecified atom stereocenters. The highest BCUT2D eigenvalue weighted by atomic mass is 16.5. The number of rotatable bonds is 8. The summed E-state index contributed by atoms with van der Waals surface area (Å²) in [7, 11) is 0. The summed E-state index contributed by atoms with van der Waals surface area (Å²) in [6.45, 7) is 13.3. The van der Waals surface area contributed by atoms with Gasteiger partial charge in [-0.25, -0.2) is 0 Å². The molecule has 232 valence electrons. The molecule has 44 heavy (non-hydrogen) atoms. The molecule has 4 aliphatic rings. The number of phenols is 3. The minimum atomic E-state index is 0.168. The molecule has 0 aromatic heterocycles. The zero-order valence-corrected chi connectivity index (χ0v) is 26.6. The Balaban J connectivity index is 1.58. The third-order valence-corrected chi connectivity index (χ3v) is 9.01. The number of aromatic hydroxyl groups is 3. The first-order valence-corrected chi connectivity index (χ1v) is 16.1. The van der Waals surface area contributed by atoms with E-state index < -0.39 is 0 Å². The van der Waals surface area contributed by atoms with Gasteiger partial charge in [0.15, 0.2) is 11.5 Å². The van der Waals surface area contributed by atoms with Gasteiger partial charge in [-0.2, -0.15) is 0 Å². The molecule has 0 fully saturated rings. The largest absolute Gasteiger partial charge is 0.507 e. The van der Waals surface area contributed by atoms with Crippen LogP contribution in [0, 0.1) is 0 Å². The smallest absolute Gasteiger partial charge is 0.169 e. The standard InChI is InChI=1S/C38H46N2O4/c1-5-39(6-2)24-30-17-16-29-15-11-26-12-18-32(19-13-26)44-35-23-28(21-31(37(35)42)25-40(7-3)8-4)10-9-27-14-20-33(34(41)22-27)36(29)38(30)43/h12-14,16-23,41-43H,5-11,15,24-25H2,1-4H3. The van der Waals surface area contributed by atoms with Crippen molar-refractivity contribution >= 4 is 0 Å². The molecule has 6 nitrogen and oxygen atoms in total. The van der Waals surface area contributed by atoms with E-state index in [-0.39, 0.29) is 17.2 Å². The van der Waals surface area contributed by atoms with Gasteiger partial charge < -0.3 is 20.1 Å². The van der Waals surface area contributed by atoms with Gasteiger partial charge in [0, 0.05) is 35.3 Å². The van der Waals surface area contributed by atoms with Gasteiger partial charge in [0.25, 0.3) is 0 Å². The molecule has 0 saturated carbocycles. The Labute approximate surface area is 262 Å². The maximum atomic E-state index is 11.6. The predicted octanol–water partition coefficient (Wildman–Crippen LogP) is 7.83. The Kier molecular flexibility index (Phi) is 10.1. The molecule has 6 heteroatoms. The second kappa shape index (κ2) is 14.2. The van der Waals surface area contributed by atoms with E-state index in [1.165, 1.54) is 0 Å². The van der Waals surface area contributed by atoms with Crippen LogP contribution in [-0.2, 0) is 38.8 Å². The summed E-state index contributed by atoms with van der Waals surface area (Å²) in [4.78, 5) is 4.55. The first-order chi connectivity index (χ1) is 21.3. The van der Waals surface area contributed by atoms with Crippen molar-refractivity contribution in [3.8, 4) is 39.9 Å². The van der Waals surface area contributed by atoms with Crippen LogP contribution in [0.25, 0.3) is 11.1 Å². The molecule has 4 aliphatic heterocycles. The lowest BCUT2D eigenvalue weighted by atomic mass is 9.90. The summed E-state index contributed by atoms with van der Waals surface area (Å²) in [6.07, 6.45) is 2.89. The summed E-state index contributed by atoms with van der Waals surface area (Å²) in [5.41, 5.74) is 7.27. The van der Waals surface area contributed by atoms with Crippen molar-refractivity contribution in [2.45, 2.75) is 66.5 Å². The Morgan fingerprint density at radius 3 is 1.86 bits per heavy atom. The van der Waals surface area contributed by atoms with Crippen LogP contribution in [-0.4, -0.2) is 51.3 Å². The lowest BCUT2D eigenvalue weighted by Gasteiger charge is -2.22. The second-order valence-electron chi connectivity index (χ2n) is 11.7. The maximum Gasteiger partial charge on any atom is 0.169 e. The van der Waals surface area contributed by atoms with E-state index in [0.29, 0.717) is 48.6 Å². The molecule has 4 heterocycles. The lowest BCUT2D eigenvalue weighted by molar-refractivity contribution is 0.289. The van der Waals surface area contributed by atoms with E-state index in [9.17, 15) is 15.3 Å². The van der Waals surface area contributed by atoms with E-state index in [2.05, 4.69) is 61.8 Å². The molecule has 0 radical (unpaired) electrons. The molecule has 0 saturated heterocycles. The fourth-order valence-corrected chi connectivity index (χ4v) is 6.12. The number of benzene rings is 4. The van der Waals surface area contributed by atoms with E-state index in [4.69, 9.17) is 4.74 Å².